The van der Waals surface area contributed by atoms with E-state index in [9.17, 15) is 9.18 Å². The van der Waals surface area contributed by atoms with Crippen LogP contribution in [0.2, 0.25) is 0 Å². The van der Waals surface area contributed by atoms with Crippen molar-refractivity contribution in [3.05, 3.63) is 83.5 Å². The van der Waals surface area contributed by atoms with Crippen LogP contribution < -0.4 is 9.64 Å². The lowest BCUT2D eigenvalue weighted by Gasteiger charge is -2.52. The maximum Gasteiger partial charge on any atom is 0.415 e. The number of hydrogen-bond donors (Lipinski definition) is 0. The molecule has 3 fully saturated rings. The number of fused-ring (bicyclic) bond motifs is 3. The summed E-state index contributed by atoms with van der Waals surface area (Å²) in [5.74, 6) is 0.991. The molecule has 3 aliphatic heterocycles. The molecule has 5 nitrogen and oxygen atoms in total. The Hall–Kier alpha value is -2.90. The van der Waals surface area contributed by atoms with Crippen molar-refractivity contribution in [3.63, 3.8) is 0 Å². The largest absolute Gasteiger partial charge is 0.493 e. The number of halogens is 1. The number of benzene rings is 2. The average molecular weight is 496 g/mol. The van der Waals surface area contributed by atoms with Gasteiger partial charge in [-0.3, -0.25) is 4.90 Å². The normalized spacial score (nSPS) is 23.1. The van der Waals surface area contributed by atoms with Crippen LogP contribution in [0.15, 0.2) is 72.1 Å². The molecule has 184 valence electrons. The SMILES string of the molecule is O=C(O[C@H]1C[N+]2(CCCOc3ccccc3)CCC1CC2)N(Cc1ccccc1F)c1cccs1. The number of carbonyl (C=O) groups is 1. The summed E-state index contributed by atoms with van der Waals surface area (Å²) in [7, 11) is 0. The van der Waals surface area contributed by atoms with Gasteiger partial charge in [0, 0.05) is 30.7 Å². The Kier molecular flexibility index (Phi) is 7.35. The number of quaternary nitrogens is 1. The van der Waals surface area contributed by atoms with Gasteiger partial charge in [-0.1, -0.05) is 36.4 Å². The first kappa shape index (κ1) is 23.8. The summed E-state index contributed by atoms with van der Waals surface area (Å²) in [6.45, 7) is 4.98. The third kappa shape index (κ3) is 5.68. The highest BCUT2D eigenvalue weighted by molar-refractivity contribution is 7.14. The molecule has 35 heavy (non-hydrogen) atoms. The lowest BCUT2D eigenvalue weighted by atomic mass is 9.83. The van der Waals surface area contributed by atoms with Gasteiger partial charge < -0.3 is 14.0 Å². The van der Waals surface area contributed by atoms with Crippen molar-refractivity contribution in [1.82, 2.24) is 0 Å². The van der Waals surface area contributed by atoms with E-state index in [4.69, 9.17) is 9.47 Å². The molecule has 3 saturated heterocycles. The lowest BCUT2D eigenvalue weighted by molar-refractivity contribution is -0.946. The molecule has 2 aromatic carbocycles. The van der Waals surface area contributed by atoms with Crippen molar-refractivity contribution < 1.29 is 23.1 Å². The molecule has 0 radical (unpaired) electrons. The lowest BCUT2D eigenvalue weighted by Crippen LogP contribution is -2.65. The fourth-order valence-electron chi connectivity index (χ4n) is 5.42. The molecule has 4 heterocycles. The number of ether oxygens (including phenoxy) is 2. The van der Waals surface area contributed by atoms with Gasteiger partial charge in [0.25, 0.3) is 0 Å². The zero-order chi connectivity index (χ0) is 24.1. The van der Waals surface area contributed by atoms with E-state index in [2.05, 4.69) is 0 Å². The van der Waals surface area contributed by atoms with Crippen LogP contribution in [0.4, 0.5) is 14.2 Å². The summed E-state index contributed by atoms with van der Waals surface area (Å²) in [5.41, 5.74) is 0.480. The highest BCUT2D eigenvalue weighted by atomic mass is 32.1. The standard InChI is InChI=1S/C28H32FN2O3S/c29-25-11-5-4-8-23(25)20-30(27-12-6-19-35-27)28(32)34-26-21-31(16-13-22(26)14-17-31)15-7-18-33-24-9-2-1-3-10-24/h1-6,8-12,19,22,26H,7,13-18,20-21H2/q+1/t22?,26-,31?/m0/s1. The predicted octanol–water partition coefficient (Wildman–Crippen LogP) is 6.11. The van der Waals surface area contributed by atoms with Gasteiger partial charge in [0.05, 0.1) is 32.8 Å². The van der Waals surface area contributed by atoms with Crippen molar-refractivity contribution >= 4 is 22.4 Å². The maximum atomic E-state index is 14.4. The molecule has 1 aromatic heterocycles. The van der Waals surface area contributed by atoms with E-state index < -0.39 is 0 Å². The van der Waals surface area contributed by atoms with Crippen LogP contribution in [-0.4, -0.2) is 49.5 Å². The van der Waals surface area contributed by atoms with Crippen LogP contribution in [0.1, 0.15) is 24.8 Å². The topological polar surface area (TPSA) is 38.8 Å². The highest BCUT2D eigenvalue weighted by Crippen LogP contribution is 2.36. The molecule has 1 amide bonds. The van der Waals surface area contributed by atoms with E-state index in [-0.39, 0.29) is 24.6 Å². The van der Waals surface area contributed by atoms with Crippen LogP contribution in [-0.2, 0) is 11.3 Å². The van der Waals surface area contributed by atoms with Crippen LogP contribution >= 0.6 is 11.3 Å². The first-order valence-corrected chi connectivity index (χ1v) is 13.3. The smallest absolute Gasteiger partial charge is 0.415 e. The van der Waals surface area contributed by atoms with Crippen LogP contribution in [0.25, 0.3) is 0 Å². The minimum atomic E-state index is -0.389. The summed E-state index contributed by atoms with van der Waals surface area (Å²) in [6.07, 6.45) is 2.62. The summed E-state index contributed by atoms with van der Waals surface area (Å²) in [6, 6.07) is 20.3. The predicted molar refractivity (Wildman–Crippen MR) is 136 cm³/mol. The van der Waals surface area contributed by atoms with Crippen molar-refractivity contribution in [3.8, 4) is 5.75 Å². The summed E-state index contributed by atoms with van der Waals surface area (Å²) in [4.78, 5) is 15.0. The minimum absolute atomic E-state index is 0.108. The first-order chi connectivity index (χ1) is 17.1. The zero-order valence-corrected chi connectivity index (χ0v) is 20.7. The molecule has 0 spiro atoms. The van der Waals surface area contributed by atoms with Gasteiger partial charge >= 0.3 is 6.09 Å². The van der Waals surface area contributed by atoms with Crippen molar-refractivity contribution in [2.24, 2.45) is 5.92 Å². The van der Waals surface area contributed by atoms with E-state index in [0.29, 0.717) is 18.1 Å². The molecule has 6 rings (SSSR count). The van der Waals surface area contributed by atoms with Crippen LogP contribution in [0.3, 0.4) is 0 Å². The Labute approximate surface area is 210 Å². The molecular weight excluding hydrogens is 463 g/mol. The van der Waals surface area contributed by atoms with Gasteiger partial charge in [0.2, 0.25) is 0 Å². The quantitative estimate of drug-likeness (QED) is 0.266. The number of para-hydroxylation sites is 1. The second-order valence-corrected chi connectivity index (χ2v) is 10.5. The van der Waals surface area contributed by atoms with Gasteiger partial charge in [-0.2, -0.15) is 0 Å². The van der Waals surface area contributed by atoms with E-state index in [0.717, 1.165) is 60.7 Å². The Morgan fingerprint density at radius 3 is 2.54 bits per heavy atom. The molecule has 3 aliphatic rings. The number of rotatable bonds is 9. The number of hydrogen-bond acceptors (Lipinski definition) is 4. The monoisotopic (exact) mass is 495 g/mol. The van der Waals surface area contributed by atoms with Gasteiger partial charge in [-0.05, 0) is 35.7 Å². The molecule has 0 aliphatic carbocycles. The third-order valence-corrected chi connectivity index (χ3v) is 8.25. The Morgan fingerprint density at radius 2 is 1.80 bits per heavy atom. The maximum absolute atomic E-state index is 14.4. The summed E-state index contributed by atoms with van der Waals surface area (Å²) in [5, 5.41) is 2.68. The van der Waals surface area contributed by atoms with E-state index >= 15 is 0 Å². The van der Waals surface area contributed by atoms with E-state index in [1.165, 1.54) is 17.4 Å². The molecular formula is C28H32FN2O3S+. The molecule has 0 N–H and O–H groups in total. The van der Waals surface area contributed by atoms with Crippen molar-refractivity contribution in [2.75, 3.05) is 37.7 Å². The van der Waals surface area contributed by atoms with Crippen LogP contribution in [0.5, 0.6) is 5.75 Å². The zero-order valence-electron chi connectivity index (χ0n) is 19.9. The second-order valence-electron chi connectivity index (χ2n) is 9.60. The Balaban J connectivity index is 1.21. The first-order valence-electron chi connectivity index (χ1n) is 12.4. The highest BCUT2D eigenvalue weighted by Gasteiger charge is 2.47. The molecule has 1 atom stereocenters. The molecule has 2 bridgehead atoms. The van der Waals surface area contributed by atoms with Crippen molar-refractivity contribution in [2.45, 2.75) is 31.9 Å². The van der Waals surface area contributed by atoms with E-state index in [1.54, 1.807) is 23.1 Å². The number of thiophene rings is 1. The summed E-state index contributed by atoms with van der Waals surface area (Å²) >= 11 is 1.46. The molecule has 0 unspecified atom stereocenters. The van der Waals surface area contributed by atoms with Gasteiger partial charge in [0.1, 0.15) is 23.1 Å². The van der Waals surface area contributed by atoms with Gasteiger partial charge in [0.15, 0.2) is 6.10 Å². The Morgan fingerprint density at radius 1 is 1.03 bits per heavy atom. The number of anilines is 1. The second kappa shape index (κ2) is 10.8. The molecule has 0 saturated carbocycles. The molecule has 7 heteroatoms. The fourth-order valence-corrected chi connectivity index (χ4v) is 6.14. The minimum Gasteiger partial charge on any atom is -0.493 e. The number of nitrogens with zero attached hydrogens (tertiary/aromatic N) is 2. The third-order valence-electron chi connectivity index (χ3n) is 7.36. The van der Waals surface area contributed by atoms with Gasteiger partial charge in [-0.15, -0.1) is 11.3 Å². The number of piperidine rings is 3. The average Bonchev–Trinajstić information content (AvgIpc) is 3.42. The van der Waals surface area contributed by atoms with Gasteiger partial charge in [-0.25, -0.2) is 9.18 Å². The fraction of sp³-hybridized carbons (Fsp3) is 0.393. The van der Waals surface area contributed by atoms with E-state index in [1.807, 2.05) is 47.8 Å². The number of amides is 1. The number of carbonyl (C=O) groups excluding carboxylic acids is 1. The van der Waals surface area contributed by atoms with Crippen molar-refractivity contribution in [1.29, 1.82) is 0 Å². The summed E-state index contributed by atoms with van der Waals surface area (Å²) < 4.78 is 27.4. The Bertz CT molecular complexity index is 1100. The van der Waals surface area contributed by atoms with Crippen LogP contribution in [0, 0.1) is 11.7 Å². The molecule has 3 aromatic rings.